The molecule has 2 radical (unpaired) electrons. The zero-order valence-electron chi connectivity index (χ0n) is 3.75. The molecule has 0 heterocycles. The number of nitrogens with one attached hydrogen (secondary N) is 2. The third-order valence-corrected chi connectivity index (χ3v) is 0.538. The Morgan fingerprint density at radius 2 is 2.25 bits per heavy atom. The highest BCUT2D eigenvalue weighted by atomic mass is 32.2. The minimum absolute atomic E-state index is 0.910. The summed E-state index contributed by atoms with van der Waals surface area (Å²) >= 11 is -2.25. The van der Waals surface area contributed by atoms with Crippen LogP contribution in [-0.2, 0) is 11.3 Å². The number of carbonyl (C=O) groups is 1. The molecule has 1 amide bonds. The molecule has 0 aromatic rings. The van der Waals surface area contributed by atoms with E-state index in [9.17, 15) is 9.00 Å². The summed E-state index contributed by atoms with van der Waals surface area (Å²) in [6.45, 7) is 0. The van der Waals surface area contributed by atoms with Gasteiger partial charge in [0.25, 0.3) is 0 Å². The highest BCUT2D eigenvalue weighted by molar-refractivity contribution is 7.77. The van der Waals surface area contributed by atoms with Crippen LogP contribution in [0.25, 0.3) is 0 Å². The first-order valence-corrected chi connectivity index (χ1v) is 2.65. The first-order valence-electron chi connectivity index (χ1n) is 1.55. The fourth-order valence-electron chi connectivity index (χ4n) is 0.0940. The van der Waals surface area contributed by atoms with Gasteiger partial charge in [0.15, 0.2) is 5.81 Å². The van der Waals surface area contributed by atoms with Crippen molar-refractivity contribution < 1.29 is 13.6 Å². The van der Waals surface area contributed by atoms with Gasteiger partial charge in [-0.1, -0.05) is 0 Å². The number of carbonyl (C=O) groups excluding carboxylic acids is 1. The Labute approximate surface area is 49.6 Å². The Balaban J connectivity index is 3.18. The predicted molar refractivity (Wildman–Crippen MR) is 28.2 cm³/mol. The van der Waals surface area contributed by atoms with Crippen molar-refractivity contribution in [1.29, 1.82) is 0 Å². The fraction of sp³-hybridized carbons (Fsp3) is 0. The van der Waals surface area contributed by atoms with Gasteiger partial charge in [-0.05, 0) is 0 Å². The standard InChI is InChI=1S/CH3BN2O3S/c2-1(5)3-4-8(6)7/h4H,(H,3,5)(H,6,7). The summed E-state index contributed by atoms with van der Waals surface area (Å²) in [6, 6.07) is 0. The van der Waals surface area contributed by atoms with Gasteiger partial charge in [0.2, 0.25) is 19.1 Å². The topological polar surface area (TPSA) is 78.4 Å². The average Bonchev–Trinajstić information content (AvgIpc) is 1.61. The predicted octanol–water partition coefficient (Wildman–Crippen LogP) is -1.49. The van der Waals surface area contributed by atoms with E-state index in [0.29, 0.717) is 0 Å². The largest absolute Gasteiger partial charge is 0.293 e. The maximum Gasteiger partial charge on any atom is 0.250 e. The van der Waals surface area contributed by atoms with Gasteiger partial charge < -0.3 is 0 Å². The van der Waals surface area contributed by atoms with E-state index in [4.69, 9.17) is 4.55 Å². The van der Waals surface area contributed by atoms with E-state index in [0.717, 1.165) is 0 Å². The molecule has 1 unspecified atom stereocenters. The Hall–Kier alpha value is -0.395. The maximum atomic E-state index is 9.71. The van der Waals surface area contributed by atoms with Gasteiger partial charge >= 0.3 is 0 Å². The van der Waals surface area contributed by atoms with Crippen molar-refractivity contribution in [3.05, 3.63) is 0 Å². The summed E-state index contributed by atoms with van der Waals surface area (Å²) in [7, 11) is 4.48. The Morgan fingerprint density at radius 1 is 1.75 bits per heavy atom. The molecule has 0 aliphatic heterocycles. The van der Waals surface area contributed by atoms with E-state index in [1.807, 2.05) is 0 Å². The van der Waals surface area contributed by atoms with Crippen molar-refractivity contribution in [3.8, 4) is 0 Å². The highest BCUT2D eigenvalue weighted by Gasteiger charge is 1.89. The van der Waals surface area contributed by atoms with Crippen LogP contribution in [0.1, 0.15) is 0 Å². The lowest BCUT2D eigenvalue weighted by Crippen LogP contribution is -2.37. The van der Waals surface area contributed by atoms with Crippen LogP contribution in [0.5, 0.6) is 0 Å². The molecule has 7 heteroatoms. The normalized spacial score (nSPS) is 12.6. The number of hydrogen-bond acceptors (Lipinski definition) is 2. The third-order valence-electron chi connectivity index (χ3n) is 0.262. The van der Waals surface area contributed by atoms with E-state index in [-0.39, 0.29) is 0 Å². The van der Waals surface area contributed by atoms with Crippen LogP contribution in [0.2, 0.25) is 0 Å². The molecule has 0 aliphatic rings. The lowest BCUT2D eigenvalue weighted by molar-refractivity contribution is 0.258. The van der Waals surface area contributed by atoms with Crippen LogP contribution in [0, 0.1) is 0 Å². The van der Waals surface area contributed by atoms with Gasteiger partial charge in [0.1, 0.15) is 0 Å². The Bertz CT molecular complexity index is 102. The molecule has 0 fully saturated rings. The second-order valence-corrected chi connectivity index (χ2v) is 1.54. The molecule has 0 aromatic carbocycles. The molecule has 0 aliphatic carbocycles. The molecule has 8 heavy (non-hydrogen) atoms. The van der Waals surface area contributed by atoms with Crippen LogP contribution in [-0.4, -0.2) is 22.4 Å². The summed E-state index contributed by atoms with van der Waals surface area (Å²) < 4.78 is 17.5. The fourth-order valence-corrected chi connectivity index (χ4v) is 0.282. The lowest BCUT2D eigenvalue weighted by atomic mass is 10.1. The monoisotopic (exact) mass is 134 g/mol. The Kier molecular flexibility index (Phi) is 3.41. The van der Waals surface area contributed by atoms with Crippen molar-refractivity contribution in [2.45, 2.75) is 0 Å². The van der Waals surface area contributed by atoms with Crippen LogP contribution >= 0.6 is 0 Å². The number of amides is 1. The zero-order valence-corrected chi connectivity index (χ0v) is 4.57. The molecule has 0 rings (SSSR count). The molecule has 1 atom stereocenters. The van der Waals surface area contributed by atoms with Crippen LogP contribution in [0.3, 0.4) is 0 Å². The van der Waals surface area contributed by atoms with Crippen LogP contribution in [0.4, 0.5) is 4.79 Å². The van der Waals surface area contributed by atoms with Gasteiger partial charge in [-0.2, -0.15) is 0 Å². The second-order valence-electron chi connectivity index (χ2n) is 0.840. The maximum absolute atomic E-state index is 9.71. The number of hydrazine groups is 1. The van der Waals surface area contributed by atoms with E-state index in [1.165, 1.54) is 0 Å². The minimum atomic E-state index is -2.25. The molecule has 44 valence electrons. The number of rotatable bonds is 2. The first kappa shape index (κ1) is 7.60. The molecule has 0 aromatic heterocycles. The van der Waals surface area contributed by atoms with Crippen LogP contribution in [0.15, 0.2) is 0 Å². The molecule has 0 bridgehead atoms. The summed E-state index contributed by atoms with van der Waals surface area (Å²) in [4.78, 5) is 11.4. The zero-order chi connectivity index (χ0) is 6.57. The SMILES string of the molecule is [B]C(=O)NNS(=O)O. The van der Waals surface area contributed by atoms with Gasteiger partial charge in [-0.3, -0.25) is 14.8 Å². The smallest absolute Gasteiger partial charge is 0.250 e. The van der Waals surface area contributed by atoms with Crippen molar-refractivity contribution >= 4 is 24.9 Å². The van der Waals surface area contributed by atoms with Gasteiger partial charge in [0.05, 0.1) is 0 Å². The minimum Gasteiger partial charge on any atom is -0.293 e. The molecular formula is CH3BN2O3S. The molecule has 0 saturated carbocycles. The summed E-state index contributed by atoms with van der Waals surface area (Å²) in [6.07, 6.45) is 0. The van der Waals surface area contributed by atoms with Gasteiger partial charge in [-0.25, -0.2) is 4.21 Å². The van der Waals surface area contributed by atoms with Crippen molar-refractivity contribution in [2.75, 3.05) is 0 Å². The molecule has 0 spiro atoms. The molecule has 5 nitrogen and oxygen atoms in total. The first-order chi connectivity index (χ1) is 3.63. The molecule has 0 saturated heterocycles. The number of hydrogen-bond donors (Lipinski definition) is 3. The van der Waals surface area contributed by atoms with E-state index < -0.39 is 17.1 Å². The van der Waals surface area contributed by atoms with Crippen molar-refractivity contribution in [3.63, 3.8) is 0 Å². The van der Waals surface area contributed by atoms with E-state index in [1.54, 1.807) is 10.3 Å². The summed E-state index contributed by atoms with van der Waals surface area (Å²) in [5.41, 5.74) is 1.68. The van der Waals surface area contributed by atoms with Gasteiger partial charge in [0, 0.05) is 0 Å². The lowest BCUT2D eigenvalue weighted by Gasteiger charge is -1.96. The van der Waals surface area contributed by atoms with E-state index in [2.05, 4.69) is 7.85 Å². The summed E-state index contributed by atoms with van der Waals surface area (Å²) in [5, 5.41) is 0. The van der Waals surface area contributed by atoms with Crippen molar-refractivity contribution in [2.24, 2.45) is 0 Å². The van der Waals surface area contributed by atoms with E-state index >= 15 is 0 Å². The van der Waals surface area contributed by atoms with Crippen molar-refractivity contribution in [1.82, 2.24) is 10.3 Å². The third kappa shape index (κ3) is 5.60. The highest BCUT2D eigenvalue weighted by Crippen LogP contribution is 1.56. The molecular weight excluding hydrogens is 131 g/mol. The van der Waals surface area contributed by atoms with Gasteiger partial charge in [-0.15, -0.1) is 4.83 Å². The average molecular weight is 134 g/mol. The summed E-state index contributed by atoms with van der Waals surface area (Å²) in [5.74, 6) is -0.910. The molecule has 3 N–H and O–H groups in total. The quantitative estimate of drug-likeness (QED) is 0.244. The van der Waals surface area contributed by atoms with Crippen LogP contribution < -0.4 is 10.3 Å². The Morgan fingerprint density at radius 3 is 2.38 bits per heavy atom. The second kappa shape index (κ2) is 3.59.